The molecule has 0 atom stereocenters. The Balaban J connectivity index is 1.51. The van der Waals surface area contributed by atoms with E-state index in [0.717, 1.165) is 28.2 Å². The number of carbonyl (C=O) groups excluding carboxylic acids is 1. The summed E-state index contributed by atoms with van der Waals surface area (Å²) in [6, 6.07) is 24.2. The molecule has 1 amide bonds. The SMILES string of the molecule is Cc1cc(/C=C2/SC(=Nc3ccccc3)N(Cc3ccc(C(=O)O)cc3)C2=O)c(C)n1-c1cccc(F)c1. The molecule has 38 heavy (non-hydrogen) atoms. The van der Waals surface area contributed by atoms with Gasteiger partial charge in [-0.2, -0.15) is 0 Å². The van der Waals surface area contributed by atoms with Crippen molar-refractivity contribution < 1.29 is 19.1 Å². The molecule has 190 valence electrons. The minimum absolute atomic E-state index is 0.184. The maximum absolute atomic E-state index is 13.9. The molecular formula is C30H24FN3O3S. The van der Waals surface area contributed by atoms with Gasteiger partial charge in [0.25, 0.3) is 5.91 Å². The van der Waals surface area contributed by atoms with Crippen molar-refractivity contribution in [3.8, 4) is 5.69 Å². The van der Waals surface area contributed by atoms with E-state index in [-0.39, 0.29) is 23.8 Å². The van der Waals surface area contributed by atoms with Gasteiger partial charge in [-0.05, 0) is 91.3 Å². The highest BCUT2D eigenvalue weighted by molar-refractivity contribution is 8.18. The van der Waals surface area contributed by atoms with Crippen molar-refractivity contribution in [2.24, 2.45) is 4.99 Å². The molecule has 1 aliphatic heterocycles. The van der Waals surface area contributed by atoms with Crippen molar-refractivity contribution in [1.82, 2.24) is 9.47 Å². The van der Waals surface area contributed by atoms with E-state index in [0.29, 0.717) is 15.8 Å². The van der Waals surface area contributed by atoms with Crippen LogP contribution in [0.1, 0.15) is 32.9 Å². The van der Waals surface area contributed by atoms with Crippen LogP contribution in [-0.4, -0.2) is 31.6 Å². The zero-order valence-corrected chi connectivity index (χ0v) is 21.6. The molecule has 4 aromatic rings. The highest BCUT2D eigenvalue weighted by Gasteiger charge is 2.34. The van der Waals surface area contributed by atoms with E-state index in [2.05, 4.69) is 0 Å². The van der Waals surface area contributed by atoms with Gasteiger partial charge in [0, 0.05) is 17.1 Å². The van der Waals surface area contributed by atoms with Gasteiger partial charge in [0.1, 0.15) is 5.82 Å². The summed E-state index contributed by atoms with van der Waals surface area (Å²) < 4.78 is 15.8. The fraction of sp³-hybridized carbons (Fsp3) is 0.100. The van der Waals surface area contributed by atoms with Crippen molar-refractivity contribution in [3.05, 3.63) is 124 Å². The number of amidine groups is 1. The lowest BCUT2D eigenvalue weighted by molar-refractivity contribution is -0.122. The van der Waals surface area contributed by atoms with Crippen LogP contribution in [0.15, 0.2) is 94.8 Å². The van der Waals surface area contributed by atoms with Crippen LogP contribution in [0.3, 0.4) is 0 Å². The summed E-state index contributed by atoms with van der Waals surface area (Å²) in [7, 11) is 0. The van der Waals surface area contributed by atoms with Gasteiger partial charge in [-0.3, -0.25) is 9.69 Å². The van der Waals surface area contributed by atoms with Crippen LogP contribution in [-0.2, 0) is 11.3 Å². The molecule has 1 saturated heterocycles. The predicted molar refractivity (Wildman–Crippen MR) is 148 cm³/mol. The predicted octanol–water partition coefficient (Wildman–Crippen LogP) is 6.74. The van der Waals surface area contributed by atoms with Crippen LogP contribution in [0.25, 0.3) is 11.8 Å². The molecule has 0 aliphatic carbocycles. The lowest BCUT2D eigenvalue weighted by atomic mass is 10.1. The van der Waals surface area contributed by atoms with E-state index in [1.54, 1.807) is 23.1 Å². The van der Waals surface area contributed by atoms with Crippen LogP contribution in [0.5, 0.6) is 0 Å². The fourth-order valence-electron chi connectivity index (χ4n) is 4.37. The number of aliphatic imine (C=N–C) groups is 1. The first-order valence-electron chi connectivity index (χ1n) is 11.9. The fourth-order valence-corrected chi connectivity index (χ4v) is 5.36. The molecule has 1 aliphatic rings. The zero-order chi connectivity index (χ0) is 26.8. The number of nitrogens with zero attached hydrogens (tertiary/aromatic N) is 3. The van der Waals surface area contributed by atoms with Crippen LogP contribution < -0.4 is 0 Å². The first kappa shape index (κ1) is 25.2. The lowest BCUT2D eigenvalue weighted by Gasteiger charge is -2.16. The minimum Gasteiger partial charge on any atom is -0.478 e. The Hall–Kier alpha value is -4.43. The van der Waals surface area contributed by atoms with Crippen LogP contribution >= 0.6 is 11.8 Å². The molecule has 0 radical (unpaired) electrons. The van der Waals surface area contributed by atoms with Crippen molar-refractivity contribution in [2.75, 3.05) is 0 Å². The summed E-state index contributed by atoms with van der Waals surface area (Å²) in [4.78, 5) is 31.7. The van der Waals surface area contributed by atoms with Crippen molar-refractivity contribution in [1.29, 1.82) is 0 Å². The first-order valence-corrected chi connectivity index (χ1v) is 12.7. The highest BCUT2D eigenvalue weighted by Crippen LogP contribution is 2.36. The van der Waals surface area contributed by atoms with Gasteiger partial charge < -0.3 is 9.67 Å². The number of rotatable bonds is 6. The van der Waals surface area contributed by atoms with Crippen LogP contribution in [0, 0.1) is 19.7 Å². The van der Waals surface area contributed by atoms with Crippen molar-refractivity contribution in [3.63, 3.8) is 0 Å². The molecule has 5 rings (SSSR count). The molecule has 6 nitrogen and oxygen atoms in total. The summed E-state index contributed by atoms with van der Waals surface area (Å²) in [6.07, 6.45) is 1.85. The summed E-state index contributed by atoms with van der Waals surface area (Å²) in [5, 5.41) is 9.73. The number of para-hydroxylation sites is 1. The number of carboxylic acids is 1. The first-order chi connectivity index (χ1) is 18.3. The smallest absolute Gasteiger partial charge is 0.335 e. The summed E-state index contributed by atoms with van der Waals surface area (Å²) >= 11 is 1.29. The van der Waals surface area contributed by atoms with Gasteiger partial charge in [-0.25, -0.2) is 14.2 Å². The quantitative estimate of drug-likeness (QED) is 0.283. The third-order valence-electron chi connectivity index (χ3n) is 6.23. The van der Waals surface area contributed by atoms with Gasteiger partial charge >= 0.3 is 5.97 Å². The van der Waals surface area contributed by atoms with Gasteiger partial charge in [-0.1, -0.05) is 36.4 Å². The third kappa shape index (κ3) is 5.17. The number of benzene rings is 3. The number of aryl methyl sites for hydroxylation is 1. The molecule has 1 aromatic heterocycles. The summed E-state index contributed by atoms with van der Waals surface area (Å²) in [5.41, 5.74) is 5.07. The van der Waals surface area contributed by atoms with Gasteiger partial charge in [-0.15, -0.1) is 0 Å². The van der Waals surface area contributed by atoms with E-state index >= 15 is 0 Å². The van der Waals surface area contributed by atoms with E-state index in [1.165, 1.54) is 36.0 Å². The molecule has 2 heterocycles. The van der Waals surface area contributed by atoms with E-state index in [4.69, 9.17) is 4.99 Å². The number of amides is 1. The third-order valence-corrected chi connectivity index (χ3v) is 7.24. The highest BCUT2D eigenvalue weighted by atomic mass is 32.2. The van der Waals surface area contributed by atoms with E-state index < -0.39 is 5.97 Å². The average Bonchev–Trinajstić information content (AvgIpc) is 3.34. The number of halogens is 1. The number of carboxylic acid groups (broad SMARTS) is 1. The molecule has 0 spiro atoms. The molecule has 0 saturated carbocycles. The lowest BCUT2D eigenvalue weighted by Crippen LogP contribution is -2.28. The Morgan fingerprint density at radius 1 is 1.00 bits per heavy atom. The normalized spacial score (nSPS) is 15.6. The van der Waals surface area contributed by atoms with E-state index in [9.17, 15) is 19.1 Å². The standard InChI is InChI=1S/C30H24FN3O3S/c1-19-15-23(20(2)34(19)26-10-6-7-24(31)17-26)16-27-28(35)33(18-21-11-13-22(14-12-21)29(36)37)30(38-27)32-25-8-4-3-5-9-25/h3-17H,18H2,1-2H3,(H,36,37)/b27-16+,32-30?. The van der Waals surface area contributed by atoms with Crippen LogP contribution in [0.2, 0.25) is 0 Å². The topological polar surface area (TPSA) is 74.9 Å². The van der Waals surface area contributed by atoms with Crippen LogP contribution in [0.4, 0.5) is 10.1 Å². The van der Waals surface area contributed by atoms with Gasteiger partial charge in [0.2, 0.25) is 0 Å². The maximum atomic E-state index is 13.9. The maximum Gasteiger partial charge on any atom is 0.335 e. The molecule has 8 heteroatoms. The summed E-state index contributed by atoms with van der Waals surface area (Å²) in [6.45, 7) is 4.13. The Labute approximate surface area is 223 Å². The number of thioether (sulfide) groups is 1. The number of carbonyl (C=O) groups is 2. The summed E-state index contributed by atoms with van der Waals surface area (Å²) in [5.74, 6) is -1.51. The van der Waals surface area contributed by atoms with Gasteiger partial charge in [0.05, 0.1) is 22.7 Å². The van der Waals surface area contributed by atoms with Crippen molar-refractivity contribution in [2.45, 2.75) is 20.4 Å². The largest absolute Gasteiger partial charge is 0.478 e. The second-order valence-electron chi connectivity index (χ2n) is 8.88. The molecule has 0 unspecified atom stereocenters. The number of aromatic carboxylic acids is 1. The number of hydrogen-bond acceptors (Lipinski definition) is 4. The Bertz CT molecular complexity index is 1590. The minimum atomic E-state index is -1.00. The molecular weight excluding hydrogens is 501 g/mol. The number of aromatic nitrogens is 1. The zero-order valence-electron chi connectivity index (χ0n) is 20.8. The Morgan fingerprint density at radius 2 is 1.74 bits per heavy atom. The van der Waals surface area contributed by atoms with E-state index in [1.807, 2.05) is 67.0 Å². The molecule has 3 aromatic carbocycles. The second kappa shape index (κ2) is 10.5. The Morgan fingerprint density at radius 3 is 2.42 bits per heavy atom. The molecule has 1 N–H and O–H groups in total. The molecule has 0 bridgehead atoms. The number of hydrogen-bond donors (Lipinski definition) is 1. The van der Waals surface area contributed by atoms with Gasteiger partial charge in [0.15, 0.2) is 5.17 Å². The Kier molecular flexibility index (Phi) is 6.98. The average molecular weight is 526 g/mol. The second-order valence-corrected chi connectivity index (χ2v) is 9.88. The monoisotopic (exact) mass is 525 g/mol. The molecule has 1 fully saturated rings. The van der Waals surface area contributed by atoms with Crippen molar-refractivity contribution >= 4 is 40.6 Å².